The van der Waals surface area contributed by atoms with Crippen LogP contribution in [0.15, 0.2) is 0 Å². The van der Waals surface area contributed by atoms with Gasteiger partial charge >= 0.3 is 5.97 Å². The highest BCUT2D eigenvalue weighted by molar-refractivity contribution is 5.66. The highest BCUT2D eigenvalue weighted by Crippen LogP contribution is 2.09. The third-order valence-corrected chi connectivity index (χ3v) is 3.02. The summed E-state index contributed by atoms with van der Waals surface area (Å²) in [6, 6.07) is 0. The van der Waals surface area contributed by atoms with E-state index < -0.39 is 0 Å². The molecule has 0 aromatic heterocycles. The standard InChI is InChI=1S/C11H24NO2.ClH/c1-6-12(7-2,8-3)9-10(4)14-11(5)13;/h10H,6-9H2,1-5H3;1H/q+1;/p-1. The van der Waals surface area contributed by atoms with Gasteiger partial charge in [0, 0.05) is 6.92 Å². The van der Waals surface area contributed by atoms with Crippen LogP contribution in [-0.4, -0.2) is 42.7 Å². The summed E-state index contributed by atoms with van der Waals surface area (Å²) >= 11 is 0. The lowest BCUT2D eigenvalue weighted by Gasteiger charge is -2.37. The van der Waals surface area contributed by atoms with Crippen molar-refractivity contribution in [2.24, 2.45) is 0 Å². The molecule has 15 heavy (non-hydrogen) atoms. The lowest BCUT2D eigenvalue weighted by atomic mass is 10.2. The SMILES string of the molecule is CC[N+](CC)(CC)CC(C)OC(C)=O.[Cl-]. The van der Waals surface area contributed by atoms with Crippen molar-refractivity contribution < 1.29 is 26.4 Å². The lowest BCUT2D eigenvalue weighted by Crippen LogP contribution is -3.00. The van der Waals surface area contributed by atoms with Gasteiger partial charge in [0.1, 0.15) is 12.6 Å². The van der Waals surface area contributed by atoms with Crippen LogP contribution in [0.2, 0.25) is 0 Å². The Labute approximate surface area is 99.8 Å². The van der Waals surface area contributed by atoms with Crippen molar-refractivity contribution >= 4 is 5.97 Å². The first-order valence-corrected chi connectivity index (χ1v) is 5.52. The van der Waals surface area contributed by atoms with Crippen LogP contribution in [0.3, 0.4) is 0 Å². The van der Waals surface area contributed by atoms with E-state index in [1.54, 1.807) is 0 Å². The number of hydrogen-bond acceptors (Lipinski definition) is 2. The van der Waals surface area contributed by atoms with E-state index in [0.29, 0.717) is 0 Å². The number of rotatable bonds is 6. The Morgan fingerprint density at radius 2 is 1.60 bits per heavy atom. The summed E-state index contributed by atoms with van der Waals surface area (Å²) in [6.45, 7) is 14.2. The van der Waals surface area contributed by atoms with E-state index >= 15 is 0 Å². The average molecular weight is 238 g/mol. The summed E-state index contributed by atoms with van der Waals surface area (Å²) in [5, 5.41) is 0. The maximum Gasteiger partial charge on any atom is 0.303 e. The molecule has 0 amide bonds. The number of ether oxygens (including phenoxy) is 1. The van der Waals surface area contributed by atoms with Crippen molar-refractivity contribution in [3.63, 3.8) is 0 Å². The van der Waals surface area contributed by atoms with Gasteiger partial charge in [0.15, 0.2) is 0 Å². The topological polar surface area (TPSA) is 26.3 Å². The van der Waals surface area contributed by atoms with Crippen LogP contribution < -0.4 is 12.4 Å². The van der Waals surface area contributed by atoms with Crippen LogP contribution in [0, 0.1) is 0 Å². The molecule has 1 unspecified atom stereocenters. The summed E-state index contributed by atoms with van der Waals surface area (Å²) in [5.74, 6) is -0.182. The minimum Gasteiger partial charge on any atom is -1.00 e. The summed E-state index contributed by atoms with van der Waals surface area (Å²) in [6.07, 6.45) is 0.0207. The highest BCUT2D eigenvalue weighted by atomic mass is 35.5. The fourth-order valence-corrected chi connectivity index (χ4v) is 1.92. The molecular formula is C11H24ClNO2. The van der Waals surface area contributed by atoms with Crippen molar-refractivity contribution in [1.29, 1.82) is 0 Å². The zero-order chi connectivity index (χ0) is 11.2. The molecule has 0 aliphatic carbocycles. The molecule has 0 rings (SSSR count). The molecular weight excluding hydrogens is 214 g/mol. The second-order valence-corrected chi connectivity index (χ2v) is 3.89. The largest absolute Gasteiger partial charge is 1.00 e. The highest BCUT2D eigenvalue weighted by Gasteiger charge is 2.24. The van der Waals surface area contributed by atoms with Gasteiger partial charge in [-0.1, -0.05) is 0 Å². The first kappa shape index (κ1) is 17.1. The van der Waals surface area contributed by atoms with Gasteiger partial charge in [-0.3, -0.25) is 4.79 Å². The van der Waals surface area contributed by atoms with E-state index in [1.807, 2.05) is 6.92 Å². The van der Waals surface area contributed by atoms with Gasteiger partial charge in [0.2, 0.25) is 0 Å². The van der Waals surface area contributed by atoms with Crippen molar-refractivity contribution in [3.8, 4) is 0 Å². The third kappa shape index (κ3) is 6.00. The van der Waals surface area contributed by atoms with E-state index in [4.69, 9.17) is 4.74 Å². The smallest absolute Gasteiger partial charge is 0.303 e. The molecule has 0 saturated carbocycles. The van der Waals surface area contributed by atoms with Gasteiger partial charge in [-0.05, 0) is 27.7 Å². The number of quaternary nitrogens is 1. The first-order valence-electron chi connectivity index (χ1n) is 5.52. The Bertz CT molecular complexity index is 173. The Morgan fingerprint density at radius 1 is 1.20 bits per heavy atom. The molecule has 1 atom stereocenters. The fourth-order valence-electron chi connectivity index (χ4n) is 1.92. The molecule has 0 aromatic rings. The van der Waals surface area contributed by atoms with Crippen molar-refractivity contribution in [2.75, 3.05) is 26.2 Å². The van der Waals surface area contributed by atoms with Gasteiger partial charge in [0.05, 0.1) is 19.6 Å². The number of likely N-dealkylation sites (N-methyl/N-ethyl adjacent to an activating group) is 1. The Balaban J connectivity index is 0. The maximum absolute atomic E-state index is 10.8. The van der Waals surface area contributed by atoms with Crippen LogP contribution in [0.25, 0.3) is 0 Å². The Morgan fingerprint density at radius 3 is 1.87 bits per heavy atom. The normalized spacial score (nSPS) is 12.9. The van der Waals surface area contributed by atoms with Crippen LogP contribution in [0.5, 0.6) is 0 Å². The van der Waals surface area contributed by atoms with Crippen molar-refractivity contribution in [2.45, 2.75) is 40.7 Å². The molecule has 4 heteroatoms. The number of hydrogen-bond donors (Lipinski definition) is 0. The molecule has 0 N–H and O–H groups in total. The van der Waals surface area contributed by atoms with E-state index in [2.05, 4.69) is 20.8 Å². The fraction of sp³-hybridized carbons (Fsp3) is 0.909. The molecule has 92 valence electrons. The molecule has 0 saturated heterocycles. The molecule has 0 aliphatic heterocycles. The Kier molecular flexibility index (Phi) is 9.07. The lowest BCUT2D eigenvalue weighted by molar-refractivity contribution is -0.925. The van der Waals surface area contributed by atoms with Gasteiger partial charge < -0.3 is 21.6 Å². The van der Waals surface area contributed by atoms with E-state index in [9.17, 15) is 4.79 Å². The zero-order valence-electron chi connectivity index (χ0n) is 10.5. The number of carbonyl (C=O) groups is 1. The van der Waals surface area contributed by atoms with Crippen LogP contribution >= 0.6 is 0 Å². The summed E-state index contributed by atoms with van der Waals surface area (Å²) in [4.78, 5) is 10.8. The molecule has 0 aromatic carbocycles. The number of halogens is 1. The van der Waals surface area contributed by atoms with Gasteiger partial charge in [-0.15, -0.1) is 0 Å². The molecule has 0 spiro atoms. The van der Waals surface area contributed by atoms with Crippen LogP contribution in [0.4, 0.5) is 0 Å². The summed E-state index contributed by atoms with van der Waals surface area (Å²) in [5.41, 5.74) is 0. The predicted octanol–water partition coefficient (Wildman–Crippen LogP) is -1.18. The third-order valence-electron chi connectivity index (χ3n) is 3.02. The predicted molar refractivity (Wildman–Crippen MR) is 58.0 cm³/mol. The Hall–Kier alpha value is -0.280. The van der Waals surface area contributed by atoms with Gasteiger partial charge in [0.25, 0.3) is 0 Å². The van der Waals surface area contributed by atoms with E-state index in [0.717, 1.165) is 30.7 Å². The number of carbonyl (C=O) groups excluding carboxylic acids is 1. The van der Waals surface area contributed by atoms with Crippen molar-refractivity contribution in [1.82, 2.24) is 0 Å². The average Bonchev–Trinajstić information content (AvgIpc) is 2.13. The van der Waals surface area contributed by atoms with Crippen LogP contribution in [0.1, 0.15) is 34.6 Å². The molecule has 0 heterocycles. The summed E-state index contributed by atoms with van der Waals surface area (Å²) in [7, 11) is 0. The maximum atomic E-state index is 10.8. The molecule has 0 bridgehead atoms. The monoisotopic (exact) mass is 237 g/mol. The summed E-state index contributed by atoms with van der Waals surface area (Å²) < 4.78 is 6.18. The molecule has 0 aliphatic rings. The van der Waals surface area contributed by atoms with Gasteiger partial charge in [-0.25, -0.2) is 0 Å². The molecule has 3 nitrogen and oxygen atoms in total. The van der Waals surface area contributed by atoms with Crippen molar-refractivity contribution in [3.05, 3.63) is 0 Å². The quantitative estimate of drug-likeness (QED) is 0.430. The van der Waals surface area contributed by atoms with Gasteiger partial charge in [-0.2, -0.15) is 0 Å². The molecule has 0 radical (unpaired) electrons. The second-order valence-electron chi connectivity index (χ2n) is 3.89. The minimum absolute atomic E-state index is 0. The van der Waals surface area contributed by atoms with Crippen LogP contribution in [-0.2, 0) is 9.53 Å². The minimum atomic E-state index is -0.182. The van der Waals surface area contributed by atoms with E-state index in [-0.39, 0.29) is 24.5 Å². The number of esters is 1. The first-order chi connectivity index (χ1) is 6.49. The second kappa shape index (κ2) is 7.94. The zero-order valence-corrected chi connectivity index (χ0v) is 11.3. The van der Waals surface area contributed by atoms with E-state index in [1.165, 1.54) is 6.92 Å². The molecule has 0 fully saturated rings. The number of nitrogens with zero attached hydrogens (tertiary/aromatic N) is 1.